The Kier molecular flexibility index (Phi) is 3.46. The van der Waals surface area contributed by atoms with Crippen LogP contribution in [0.5, 0.6) is 0 Å². The minimum Gasteiger partial charge on any atom is -0.399 e. The van der Waals surface area contributed by atoms with Crippen molar-refractivity contribution in [1.29, 1.82) is 0 Å². The van der Waals surface area contributed by atoms with Crippen LogP contribution in [0.25, 0.3) is 10.9 Å². The number of rotatable bonds is 4. The smallest absolute Gasteiger partial charge is 0.260 e. The standard InChI is InChI=1S/C14H20N4O/c1-4-14(3,5-2)18-13-16-11-7-6-9(15)8-10(11)12(19)17-13/h6-8H,4-5,15H2,1-3H3,(H2,16,17,18,19). The van der Waals surface area contributed by atoms with Gasteiger partial charge in [0.25, 0.3) is 5.56 Å². The number of H-pyrrole nitrogens is 1. The van der Waals surface area contributed by atoms with Gasteiger partial charge in [0.1, 0.15) is 0 Å². The summed E-state index contributed by atoms with van der Waals surface area (Å²) >= 11 is 0. The normalized spacial score (nSPS) is 11.7. The highest BCUT2D eigenvalue weighted by Crippen LogP contribution is 2.20. The van der Waals surface area contributed by atoms with Gasteiger partial charge in [0, 0.05) is 11.2 Å². The van der Waals surface area contributed by atoms with Gasteiger partial charge in [0.15, 0.2) is 0 Å². The molecular formula is C14H20N4O. The second-order valence-electron chi connectivity index (χ2n) is 5.08. The van der Waals surface area contributed by atoms with Gasteiger partial charge in [-0.3, -0.25) is 9.78 Å². The summed E-state index contributed by atoms with van der Waals surface area (Å²) in [5, 5.41) is 3.82. The number of benzene rings is 1. The van der Waals surface area contributed by atoms with Crippen molar-refractivity contribution in [2.75, 3.05) is 11.1 Å². The van der Waals surface area contributed by atoms with E-state index in [0.29, 0.717) is 22.5 Å². The zero-order valence-corrected chi connectivity index (χ0v) is 11.6. The number of nitrogens with zero attached hydrogens (tertiary/aromatic N) is 1. The van der Waals surface area contributed by atoms with Gasteiger partial charge < -0.3 is 11.1 Å². The largest absolute Gasteiger partial charge is 0.399 e. The molecular weight excluding hydrogens is 240 g/mol. The molecule has 0 aliphatic carbocycles. The molecule has 2 rings (SSSR count). The zero-order valence-electron chi connectivity index (χ0n) is 11.6. The van der Waals surface area contributed by atoms with E-state index in [4.69, 9.17) is 5.73 Å². The van der Waals surface area contributed by atoms with E-state index in [-0.39, 0.29) is 11.1 Å². The Hall–Kier alpha value is -2.04. The van der Waals surface area contributed by atoms with Gasteiger partial charge in [-0.1, -0.05) is 13.8 Å². The first kappa shape index (κ1) is 13.4. The van der Waals surface area contributed by atoms with Crippen LogP contribution in [-0.4, -0.2) is 15.5 Å². The molecule has 0 aliphatic heterocycles. The fraction of sp³-hybridized carbons (Fsp3) is 0.429. The average molecular weight is 260 g/mol. The van der Waals surface area contributed by atoms with Crippen molar-refractivity contribution in [1.82, 2.24) is 9.97 Å². The summed E-state index contributed by atoms with van der Waals surface area (Å²) in [6.07, 6.45) is 1.90. The van der Waals surface area contributed by atoms with Gasteiger partial charge in [-0.05, 0) is 38.0 Å². The van der Waals surface area contributed by atoms with E-state index < -0.39 is 0 Å². The molecule has 0 saturated heterocycles. The van der Waals surface area contributed by atoms with Crippen LogP contribution in [-0.2, 0) is 0 Å². The molecule has 0 fully saturated rings. The third-order valence-corrected chi connectivity index (χ3v) is 3.71. The molecule has 0 saturated carbocycles. The second-order valence-corrected chi connectivity index (χ2v) is 5.08. The van der Waals surface area contributed by atoms with Crippen molar-refractivity contribution in [3.05, 3.63) is 28.6 Å². The number of anilines is 2. The number of hydrogen-bond donors (Lipinski definition) is 3. The van der Waals surface area contributed by atoms with Crippen LogP contribution >= 0.6 is 0 Å². The van der Waals surface area contributed by atoms with Gasteiger partial charge >= 0.3 is 0 Å². The molecule has 0 spiro atoms. The summed E-state index contributed by atoms with van der Waals surface area (Å²) in [7, 11) is 0. The lowest BCUT2D eigenvalue weighted by Crippen LogP contribution is -2.34. The lowest BCUT2D eigenvalue weighted by atomic mass is 9.96. The molecule has 4 N–H and O–H groups in total. The lowest BCUT2D eigenvalue weighted by Gasteiger charge is -2.28. The summed E-state index contributed by atoms with van der Waals surface area (Å²) in [6, 6.07) is 5.15. The van der Waals surface area contributed by atoms with Crippen LogP contribution in [0.2, 0.25) is 0 Å². The predicted molar refractivity (Wildman–Crippen MR) is 79.4 cm³/mol. The van der Waals surface area contributed by atoms with Gasteiger partial charge in [0.05, 0.1) is 10.9 Å². The number of nitrogens with one attached hydrogen (secondary N) is 2. The summed E-state index contributed by atoms with van der Waals surface area (Å²) in [4.78, 5) is 19.2. The SMILES string of the molecule is CCC(C)(CC)Nc1nc2ccc(N)cc2c(=O)[nH]1. The van der Waals surface area contributed by atoms with Crippen molar-refractivity contribution < 1.29 is 0 Å². The summed E-state index contributed by atoms with van der Waals surface area (Å²) in [6.45, 7) is 6.33. The Labute approximate surface area is 112 Å². The van der Waals surface area contributed by atoms with Crippen LogP contribution in [0.1, 0.15) is 33.6 Å². The van der Waals surface area contributed by atoms with E-state index in [1.54, 1.807) is 18.2 Å². The molecule has 2 aromatic rings. The molecule has 1 heterocycles. The molecule has 19 heavy (non-hydrogen) atoms. The van der Waals surface area contributed by atoms with Crippen molar-refractivity contribution >= 4 is 22.5 Å². The van der Waals surface area contributed by atoms with E-state index in [0.717, 1.165) is 12.8 Å². The first-order valence-electron chi connectivity index (χ1n) is 6.55. The molecule has 0 atom stereocenters. The zero-order chi connectivity index (χ0) is 14.0. The highest BCUT2D eigenvalue weighted by Gasteiger charge is 2.20. The van der Waals surface area contributed by atoms with Gasteiger partial charge in [-0.25, -0.2) is 4.98 Å². The number of aromatic nitrogens is 2. The molecule has 1 aromatic heterocycles. The molecule has 5 heteroatoms. The maximum atomic E-state index is 12.0. The average Bonchev–Trinajstić information content (AvgIpc) is 2.39. The van der Waals surface area contributed by atoms with E-state index >= 15 is 0 Å². The molecule has 0 unspecified atom stereocenters. The number of nitrogens with two attached hydrogens (primary N) is 1. The Morgan fingerprint density at radius 1 is 1.37 bits per heavy atom. The molecule has 0 bridgehead atoms. The number of aromatic amines is 1. The van der Waals surface area contributed by atoms with E-state index in [2.05, 4.69) is 36.1 Å². The number of hydrogen-bond acceptors (Lipinski definition) is 4. The maximum Gasteiger partial charge on any atom is 0.260 e. The molecule has 102 valence electrons. The monoisotopic (exact) mass is 260 g/mol. The number of fused-ring (bicyclic) bond motifs is 1. The Balaban J connectivity index is 2.47. The summed E-state index contributed by atoms with van der Waals surface area (Å²) in [5.74, 6) is 0.508. The van der Waals surface area contributed by atoms with Crippen LogP contribution in [0.3, 0.4) is 0 Å². The van der Waals surface area contributed by atoms with Crippen molar-refractivity contribution in [3.63, 3.8) is 0 Å². The molecule has 0 amide bonds. The highest BCUT2D eigenvalue weighted by atomic mass is 16.1. The molecule has 0 aliphatic rings. The minimum absolute atomic E-state index is 0.0720. The van der Waals surface area contributed by atoms with E-state index in [1.807, 2.05) is 0 Å². The van der Waals surface area contributed by atoms with Gasteiger partial charge in [-0.15, -0.1) is 0 Å². The summed E-state index contributed by atoms with van der Waals surface area (Å²) < 4.78 is 0. The molecule has 0 radical (unpaired) electrons. The molecule has 1 aromatic carbocycles. The van der Waals surface area contributed by atoms with Crippen LogP contribution in [0, 0.1) is 0 Å². The first-order valence-corrected chi connectivity index (χ1v) is 6.55. The van der Waals surface area contributed by atoms with Crippen molar-refractivity contribution in [2.45, 2.75) is 39.2 Å². The first-order chi connectivity index (χ1) is 8.97. The maximum absolute atomic E-state index is 12.0. The Bertz CT molecular complexity index is 643. The van der Waals surface area contributed by atoms with E-state index in [9.17, 15) is 4.79 Å². The lowest BCUT2D eigenvalue weighted by molar-refractivity contribution is 0.474. The fourth-order valence-corrected chi connectivity index (χ4v) is 1.93. The third kappa shape index (κ3) is 2.70. The topological polar surface area (TPSA) is 83.8 Å². The van der Waals surface area contributed by atoms with Crippen LogP contribution in [0.15, 0.2) is 23.0 Å². The minimum atomic E-state index is -0.172. The van der Waals surface area contributed by atoms with Crippen molar-refractivity contribution in [3.8, 4) is 0 Å². The second kappa shape index (κ2) is 4.91. The summed E-state index contributed by atoms with van der Waals surface area (Å²) in [5.41, 5.74) is 6.65. The molecule has 5 nitrogen and oxygen atoms in total. The van der Waals surface area contributed by atoms with Crippen LogP contribution < -0.4 is 16.6 Å². The third-order valence-electron chi connectivity index (χ3n) is 3.71. The van der Waals surface area contributed by atoms with Gasteiger partial charge in [-0.2, -0.15) is 0 Å². The highest BCUT2D eigenvalue weighted by molar-refractivity contribution is 5.81. The number of nitrogen functional groups attached to an aromatic ring is 1. The van der Waals surface area contributed by atoms with E-state index in [1.165, 1.54) is 0 Å². The van der Waals surface area contributed by atoms with Crippen molar-refractivity contribution in [2.24, 2.45) is 0 Å². The Morgan fingerprint density at radius 3 is 2.68 bits per heavy atom. The quantitative estimate of drug-likeness (QED) is 0.737. The van der Waals surface area contributed by atoms with Gasteiger partial charge in [0.2, 0.25) is 5.95 Å². The Morgan fingerprint density at radius 2 is 2.05 bits per heavy atom. The fourth-order valence-electron chi connectivity index (χ4n) is 1.93. The van der Waals surface area contributed by atoms with Crippen LogP contribution in [0.4, 0.5) is 11.6 Å². The predicted octanol–water partition coefficient (Wildman–Crippen LogP) is 2.50.